The fraction of sp³-hybridized carbons (Fsp3) is 0.171. The minimum atomic E-state index is -0.951. The van der Waals surface area contributed by atoms with E-state index in [0.29, 0.717) is 24.2 Å². The molecular weight excluding hydrogens is 663 g/mol. The summed E-state index contributed by atoms with van der Waals surface area (Å²) >= 11 is 1.61. The predicted molar refractivity (Wildman–Crippen MR) is 195 cm³/mol. The van der Waals surface area contributed by atoms with E-state index < -0.39 is 12.3 Å². The molecule has 1 aliphatic heterocycles. The third-order valence-corrected chi connectivity index (χ3v) is 9.87. The summed E-state index contributed by atoms with van der Waals surface area (Å²) in [5.74, 6) is -0.578. The number of aliphatic hydroxyl groups is 1. The molecule has 0 radical (unpaired) electrons. The zero-order chi connectivity index (χ0) is 35.2. The summed E-state index contributed by atoms with van der Waals surface area (Å²) in [6, 6.07) is 38.2. The number of amides is 1. The van der Waals surface area contributed by atoms with Gasteiger partial charge < -0.3 is 25.0 Å². The monoisotopic (exact) mass is 697 g/mol. The Hall–Kier alpha value is -5.39. The number of benzene rings is 5. The van der Waals surface area contributed by atoms with E-state index in [-0.39, 0.29) is 36.0 Å². The summed E-state index contributed by atoms with van der Waals surface area (Å²) in [6.07, 6.45) is 1.18. The van der Waals surface area contributed by atoms with E-state index in [9.17, 15) is 19.8 Å². The van der Waals surface area contributed by atoms with Crippen LogP contribution in [0.3, 0.4) is 0 Å². The predicted octanol–water partition coefficient (Wildman–Crippen LogP) is 7.76. The van der Waals surface area contributed by atoms with Crippen LogP contribution in [0.2, 0.25) is 0 Å². The Labute approximate surface area is 299 Å². The molecule has 7 rings (SSSR count). The van der Waals surface area contributed by atoms with Crippen LogP contribution in [-0.4, -0.2) is 43.9 Å². The molecule has 3 atom stereocenters. The van der Waals surface area contributed by atoms with Crippen molar-refractivity contribution in [3.8, 4) is 11.1 Å². The van der Waals surface area contributed by atoms with Gasteiger partial charge in [0.25, 0.3) is 5.91 Å². The number of carbonyl (C=O) groups excluding carboxylic acids is 1. The lowest BCUT2D eigenvalue weighted by molar-refractivity contribution is -0.245. The topological polar surface area (TPSA) is 131 Å². The van der Waals surface area contributed by atoms with Gasteiger partial charge in [0.05, 0.1) is 41.6 Å². The van der Waals surface area contributed by atoms with Crippen LogP contribution in [0, 0.1) is 0 Å². The first-order valence-electron chi connectivity index (χ1n) is 16.6. The number of hydrogen-bond donors (Lipinski definition) is 3. The minimum absolute atomic E-state index is 0.0259. The van der Waals surface area contributed by atoms with Crippen LogP contribution in [-0.2, 0) is 22.6 Å². The molecule has 1 saturated heterocycles. The molecule has 1 fully saturated rings. The number of aromatic carboxylic acids is 1. The Bertz CT molecular complexity index is 2140. The zero-order valence-corrected chi connectivity index (χ0v) is 28.3. The number of ether oxygens (including phenoxy) is 2. The van der Waals surface area contributed by atoms with E-state index in [2.05, 4.69) is 21.4 Å². The van der Waals surface area contributed by atoms with Gasteiger partial charge in [-0.1, -0.05) is 78.9 Å². The maximum Gasteiger partial charge on any atom is 0.335 e. The molecular formula is C41H35N3O6S. The number of hydrogen-bond acceptors (Lipinski definition) is 8. The highest BCUT2D eigenvalue weighted by atomic mass is 32.2. The van der Waals surface area contributed by atoms with Gasteiger partial charge in [-0.3, -0.25) is 9.78 Å². The average molecular weight is 698 g/mol. The molecule has 51 heavy (non-hydrogen) atoms. The Balaban J connectivity index is 1.03. The maximum atomic E-state index is 12.8. The van der Waals surface area contributed by atoms with Gasteiger partial charge in [-0.15, -0.1) is 11.8 Å². The van der Waals surface area contributed by atoms with Crippen molar-refractivity contribution in [2.45, 2.75) is 43.0 Å². The molecule has 0 spiro atoms. The number of carboxylic acids is 1. The van der Waals surface area contributed by atoms with E-state index in [1.165, 1.54) is 6.20 Å². The molecule has 5 aromatic carbocycles. The van der Waals surface area contributed by atoms with Gasteiger partial charge in [0.1, 0.15) is 5.69 Å². The summed E-state index contributed by atoms with van der Waals surface area (Å²) in [7, 11) is 0. The molecule has 9 nitrogen and oxygen atoms in total. The third-order valence-electron chi connectivity index (χ3n) is 8.73. The van der Waals surface area contributed by atoms with Crippen molar-refractivity contribution in [1.82, 2.24) is 15.3 Å². The molecule has 256 valence electrons. The second kappa shape index (κ2) is 15.7. The lowest BCUT2D eigenvalue weighted by Gasteiger charge is -2.36. The van der Waals surface area contributed by atoms with Gasteiger partial charge in [-0.2, -0.15) is 0 Å². The van der Waals surface area contributed by atoms with Crippen LogP contribution in [0.5, 0.6) is 0 Å². The maximum absolute atomic E-state index is 12.8. The van der Waals surface area contributed by atoms with E-state index in [0.717, 1.165) is 43.8 Å². The van der Waals surface area contributed by atoms with Crippen molar-refractivity contribution in [3.63, 3.8) is 0 Å². The molecule has 10 heteroatoms. The second-order valence-corrected chi connectivity index (χ2v) is 13.3. The number of aliphatic hydroxyl groups excluding tert-OH is 1. The van der Waals surface area contributed by atoms with Crippen molar-refractivity contribution >= 4 is 34.7 Å². The number of carbonyl (C=O) groups is 2. The van der Waals surface area contributed by atoms with Crippen molar-refractivity contribution in [3.05, 3.63) is 161 Å². The Morgan fingerprint density at radius 2 is 1.53 bits per heavy atom. The molecule has 3 unspecified atom stereocenters. The van der Waals surface area contributed by atoms with Crippen LogP contribution >= 0.6 is 11.8 Å². The van der Waals surface area contributed by atoms with Crippen LogP contribution in [0.1, 0.15) is 61.9 Å². The third kappa shape index (κ3) is 8.33. The van der Waals surface area contributed by atoms with Crippen LogP contribution in [0.4, 0.5) is 0 Å². The molecule has 1 amide bonds. The highest BCUT2D eigenvalue weighted by Gasteiger charge is 2.32. The van der Waals surface area contributed by atoms with Gasteiger partial charge in [-0.05, 0) is 70.3 Å². The molecule has 0 aliphatic carbocycles. The molecule has 2 heterocycles. The van der Waals surface area contributed by atoms with Crippen LogP contribution in [0.15, 0.2) is 132 Å². The van der Waals surface area contributed by atoms with Gasteiger partial charge >= 0.3 is 5.97 Å². The summed E-state index contributed by atoms with van der Waals surface area (Å²) in [6.45, 7) is 0.314. The number of fused-ring (bicyclic) bond motifs is 1. The van der Waals surface area contributed by atoms with Gasteiger partial charge in [0.2, 0.25) is 0 Å². The fourth-order valence-electron chi connectivity index (χ4n) is 5.94. The Morgan fingerprint density at radius 3 is 2.27 bits per heavy atom. The number of carboxylic acid groups (broad SMARTS) is 1. The lowest BCUT2D eigenvalue weighted by atomic mass is 9.99. The normalized spacial score (nSPS) is 17.2. The van der Waals surface area contributed by atoms with E-state index in [1.54, 1.807) is 23.9 Å². The number of para-hydroxylation sites is 2. The second-order valence-electron chi connectivity index (χ2n) is 12.2. The minimum Gasteiger partial charge on any atom is -0.478 e. The first kappa shape index (κ1) is 34.1. The molecule has 3 N–H and O–H groups in total. The van der Waals surface area contributed by atoms with Gasteiger partial charge in [0, 0.05) is 29.2 Å². The Morgan fingerprint density at radius 1 is 0.784 bits per heavy atom. The molecule has 0 bridgehead atoms. The number of aromatic nitrogens is 2. The molecule has 1 aromatic heterocycles. The summed E-state index contributed by atoms with van der Waals surface area (Å²) in [5.41, 5.74) is 7.63. The number of nitrogens with zero attached hydrogens (tertiary/aromatic N) is 2. The van der Waals surface area contributed by atoms with Crippen molar-refractivity contribution in [2.24, 2.45) is 0 Å². The first-order valence-corrected chi connectivity index (χ1v) is 17.6. The molecule has 1 aliphatic rings. The highest BCUT2D eigenvalue weighted by molar-refractivity contribution is 7.99. The fourth-order valence-corrected chi connectivity index (χ4v) is 6.86. The SMILES string of the molecule is O=C(O)c1ccc(SCC2CC(c3ccc(CO)cc3)OC(c3ccc(-c4cccc(CNC(=O)c5cnc6ccccc6n5)c4)cc3)O2)cc1. The van der Waals surface area contributed by atoms with Gasteiger partial charge in [-0.25, -0.2) is 9.78 Å². The number of thioether (sulfide) groups is 1. The number of rotatable bonds is 11. The molecule has 0 saturated carbocycles. The quantitative estimate of drug-likeness (QED) is 0.116. The Kier molecular flexibility index (Phi) is 10.5. The summed E-state index contributed by atoms with van der Waals surface area (Å²) in [5, 5.41) is 21.7. The summed E-state index contributed by atoms with van der Waals surface area (Å²) < 4.78 is 13.0. The molecule has 6 aromatic rings. The first-order chi connectivity index (χ1) is 24.9. The zero-order valence-electron chi connectivity index (χ0n) is 27.5. The average Bonchev–Trinajstić information content (AvgIpc) is 3.19. The van der Waals surface area contributed by atoms with Crippen molar-refractivity contribution in [1.29, 1.82) is 0 Å². The lowest BCUT2D eigenvalue weighted by Crippen LogP contribution is -2.31. The van der Waals surface area contributed by atoms with Gasteiger partial charge in [0.15, 0.2) is 6.29 Å². The highest BCUT2D eigenvalue weighted by Crippen LogP contribution is 2.40. The standard InChI is InChI=1S/C41H35N3O6S/c45-24-26-8-10-29(11-9-26)38-21-33(25-51-34-18-16-30(17-19-34)40(47)48)49-41(50-38)31-14-12-28(13-15-31)32-5-3-4-27(20-32)22-43-39(46)37-23-42-35-6-1-2-7-36(35)44-37/h1-20,23,33,38,41,45H,21-22,24-25H2,(H,43,46)(H,47,48). The number of nitrogens with one attached hydrogen (secondary N) is 1. The van der Waals surface area contributed by atoms with Crippen molar-refractivity contribution in [2.75, 3.05) is 5.75 Å². The largest absolute Gasteiger partial charge is 0.478 e. The van der Waals surface area contributed by atoms with E-state index >= 15 is 0 Å². The van der Waals surface area contributed by atoms with Crippen LogP contribution < -0.4 is 5.32 Å². The summed E-state index contributed by atoms with van der Waals surface area (Å²) in [4.78, 5) is 33.9. The van der Waals surface area contributed by atoms with E-state index in [1.807, 2.05) is 103 Å². The van der Waals surface area contributed by atoms with Crippen molar-refractivity contribution < 1.29 is 29.3 Å². The van der Waals surface area contributed by atoms with Crippen LogP contribution in [0.25, 0.3) is 22.2 Å². The smallest absolute Gasteiger partial charge is 0.335 e. The van der Waals surface area contributed by atoms with E-state index in [4.69, 9.17) is 9.47 Å².